The average molecular weight is 200 g/mol. The fourth-order valence-corrected chi connectivity index (χ4v) is 1.40. The lowest BCUT2D eigenvalue weighted by Gasteiger charge is -2.15. The summed E-state index contributed by atoms with van der Waals surface area (Å²) in [5.74, 6) is -0.180. The van der Waals surface area contributed by atoms with Crippen LogP contribution in [-0.2, 0) is 9.53 Å². The Bertz CT molecular complexity index is 201. The summed E-state index contributed by atoms with van der Waals surface area (Å²) in [6.07, 6.45) is 1.77. The Labute approximate surface area is 82.0 Å². The van der Waals surface area contributed by atoms with Crippen molar-refractivity contribution in [1.29, 1.82) is 0 Å². The van der Waals surface area contributed by atoms with E-state index in [2.05, 4.69) is 19.6 Å². The second kappa shape index (κ2) is 5.22. The van der Waals surface area contributed by atoms with E-state index in [-0.39, 0.29) is 5.97 Å². The van der Waals surface area contributed by atoms with Gasteiger partial charge in [0.1, 0.15) is 0 Å². The van der Waals surface area contributed by atoms with Crippen LogP contribution >= 0.6 is 0 Å². The summed E-state index contributed by atoms with van der Waals surface area (Å²) in [6.45, 7) is 11.0. The van der Waals surface area contributed by atoms with Gasteiger partial charge in [-0.1, -0.05) is 25.7 Å². The molecule has 0 aromatic carbocycles. The van der Waals surface area contributed by atoms with Crippen LogP contribution in [0.5, 0.6) is 0 Å². The number of ether oxygens (including phenoxy) is 1. The van der Waals surface area contributed by atoms with Crippen molar-refractivity contribution in [2.24, 2.45) is 0 Å². The molecule has 0 N–H and O–H groups in total. The molecule has 0 radical (unpaired) electrons. The van der Waals surface area contributed by atoms with Crippen molar-refractivity contribution in [1.82, 2.24) is 0 Å². The van der Waals surface area contributed by atoms with Crippen LogP contribution in [0.1, 0.15) is 13.8 Å². The fourth-order valence-electron chi connectivity index (χ4n) is 0.682. The molecule has 0 heterocycles. The Hall–Kier alpha value is -0.573. The minimum Gasteiger partial charge on any atom is -0.463 e. The standard InChI is InChI=1S/C10H20O2Si/c1-6-9(2)10(11)12-7-8-13(3,4)5/h6H,7-8H2,1-5H3/b9-6-. The van der Waals surface area contributed by atoms with Gasteiger partial charge in [0, 0.05) is 13.6 Å². The molecule has 0 amide bonds. The summed E-state index contributed by atoms with van der Waals surface area (Å²) in [4.78, 5) is 11.2. The molecule has 0 fully saturated rings. The largest absolute Gasteiger partial charge is 0.463 e. The van der Waals surface area contributed by atoms with E-state index in [1.54, 1.807) is 13.0 Å². The van der Waals surface area contributed by atoms with Gasteiger partial charge in [0.2, 0.25) is 0 Å². The molecule has 3 heteroatoms. The minimum absolute atomic E-state index is 0.180. The van der Waals surface area contributed by atoms with Crippen LogP contribution in [0.3, 0.4) is 0 Å². The number of carbonyl (C=O) groups is 1. The molecule has 0 saturated carbocycles. The molecule has 0 spiro atoms. The second-order valence-corrected chi connectivity index (χ2v) is 10.0. The van der Waals surface area contributed by atoms with Gasteiger partial charge in [-0.15, -0.1) is 0 Å². The Morgan fingerprint density at radius 2 is 1.92 bits per heavy atom. The van der Waals surface area contributed by atoms with Crippen LogP contribution in [-0.4, -0.2) is 20.7 Å². The summed E-state index contributed by atoms with van der Waals surface area (Å²) in [7, 11) is -1.07. The van der Waals surface area contributed by atoms with Crippen molar-refractivity contribution < 1.29 is 9.53 Å². The van der Waals surface area contributed by atoms with Crippen LogP contribution in [0, 0.1) is 0 Å². The van der Waals surface area contributed by atoms with Gasteiger partial charge < -0.3 is 4.74 Å². The molecular formula is C10H20O2Si. The summed E-state index contributed by atoms with van der Waals surface area (Å²) in [5.41, 5.74) is 0.690. The van der Waals surface area contributed by atoms with Crippen molar-refractivity contribution in [3.63, 3.8) is 0 Å². The summed E-state index contributed by atoms with van der Waals surface area (Å²) in [5, 5.41) is 0. The topological polar surface area (TPSA) is 26.3 Å². The Balaban J connectivity index is 3.73. The molecule has 0 saturated heterocycles. The zero-order valence-electron chi connectivity index (χ0n) is 9.31. The number of hydrogen-bond donors (Lipinski definition) is 0. The van der Waals surface area contributed by atoms with Crippen LogP contribution in [0.15, 0.2) is 11.6 Å². The lowest BCUT2D eigenvalue weighted by molar-refractivity contribution is -0.138. The SMILES string of the molecule is C/C=C(/C)C(=O)OCC[Si](C)(C)C. The Morgan fingerprint density at radius 3 is 2.31 bits per heavy atom. The Kier molecular flexibility index (Phi) is 4.99. The molecule has 0 aliphatic heterocycles. The van der Waals surface area contributed by atoms with Crippen LogP contribution in [0.2, 0.25) is 25.7 Å². The van der Waals surface area contributed by atoms with Crippen LogP contribution in [0.4, 0.5) is 0 Å². The van der Waals surface area contributed by atoms with E-state index in [9.17, 15) is 4.79 Å². The molecular weight excluding hydrogens is 180 g/mol. The number of esters is 1. The molecule has 0 aromatic rings. The molecule has 0 rings (SSSR count). The van der Waals surface area contributed by atoms with Crippen LogP contribution < -0.4 is 0 Å². The molecule has 0 bridgehead atoms. The molecule has 0 atom stereocenters. The van der Waals surface area contributed by atoms with Crippen molar-refractivity contribution >= 4 is 14.0 Å². The highest BCUT2D eigenvalue weighted by Crippen LogP contribution is 2.08. The maximum Gasteiger partial charge on any atom is 0.333 e. The first kappa shape index (κ1) is 12.4. The smallest absolute Gasteiger partial charge is 0.333 e. The molecule has 76 valence electrons. The van der Waals surface area contributed by atoms with Gasteiger partial charge in [-0.05, 0) is 19.9 Å². The maximum atomic E-state index is 11.2. The van der Waals surface area contributed by atoms with Crippen molar-refractivity contribution in [2.75, 3.05) is 6.61 Å². The van der Waals surface area contributed by atoms with E-state index in [1.165, 1.54) is 0 Å². The van der Waals surface area contributed by atoms with Gasteiger partial charge >= 0.3 is 5.97 Å². The highest BCUT2D eigenvalue weighted by Gasteiger charge is 2.13. The lowest BCUT2D eigenvalue weighted by atomic mass is 10.3. The van der Waals surface area contributed by atoms with E-state index in [1.807, 2.05) is 6.92 Å². The third kappa shape index (κ3) is 6.58. The average Bonchev–Trinajstić information content (AvgIpc) is 2.00. The zero-order valence-corrected chi connectivity index (χ0v) is 10.3. The normalized spacial score (nSPS) is 12.8. The van der Waals surface area contributed by atoms with Crippen LogP contribution in [0.25, 0.3) is 0 Å². The van der Waals surface area contributed by atoms with Crippen molar-refractivity contribution in [3.8, 4) is 0 Å². The zero-order chi connectivity index (χ0) is 10.5. The fraction of sp³-hybridized carbons (Fsp3) is 0.700. The van der Waals surface area contributed by atoms with E-state index in [4.69, 9.17) is 4.74 Å². The minimum atomic E-state index is -1.07. The highest BCUT2D eigenvalue weighted by atomic mass is 28.3. The number of hydrogen-bond acceptors (Lipinski definition) is 2. The van der Waals surface area contributed by atoms with Crippen molar-refractivity contribution in [2.45, 2.75) is 39.5 Å². The van der Waals surface area contributed by atoms with Gasteiger partial charge in [0.15, 0.2) is 0 Å². The molecule has 13 heavy (non-hydrogen) atoms. The molecule has 0 aromatic heterocycles. The second-order valence-electron chi connectivity index (χ2n) is 4.42. The molecule has 0 aliphatic carbocycles. The van der Waals surface area contributed by atoms with Gasteiger partial charge in [-0.25, -0.2) is 4.79 Å². The predicted octanol–water partition coefficient (Wildman–Crippen LogP) is 2.83. The van der Waals surface area contributed by atoms with Gasteiger partial charge in [-0.2, -0.15) is 0 Å². The highest BCUT2D eigenvalue weighted by molar-refractivity contribution is 6.76. The lowest BCUT2D eigenvalue weighted by Crippen LogP contribution is -2.22. The predicted molar refractivity (Wildman–Crippen MR) is 58.5 cm³/mol. The molecule has 0 aliphatic rings. The maximum absolute atomic E-state index is 11.2. The molecule has 2 nitrogen and oxygen atoms in total. The summed E-state index contributed by atoms with van der Waals surface area (Å²) < 4.78 is 5.10. The van der Waals surface area contributed by atoms with Gasteiger partial charge in [-0.3, -0.25) is 0 Å². The summed E-state index contributed by atoms with van der Waals surface area (Å²) >= 11 is 0. The third-order valence-corrected chi connectivity index (χ3v) is 3.54. The number of rotatable bonds is 4. The number of carbonyl (C=O) groups excluding carboxylic acids is 1. The van der Waals surface area contributed by atoms with Gasteiger partial charge in [0.05, 0.1) is 6.61 Å². The van der Waals surface area contributed by atoms with E-state index in [0.717, 1.165) is 6.04 Å². The quantitative estimate of drug-likeness (QED) is 0.396. The third-order valence-electron chi connectivity index (χ3n) is 1.84. The van der Waals surface area contributed by atoms with Gasteiger partial charge in [0.25, 0.3) is 0 Å². The first-order chi connectivity index (χ1) is 5.87. The Morgan fingerprint density at radius 1 is 1.38 bits per heavy atom. The number of allylic oxidation sites excluding steroid dienone is 1. The monoisotopic (exact) mass is 200 g/mol. The van der Waals surface area contributed by atoms with E-state index >= 15 is 0 Å². The summed E-state index contributed by atoms with van der Waals surface area (Å²) in [6, 6.07) is 1.04. The van der Waals surface area contributed by atoms with E-state index in [0.29, 0.717) is 12.2 Å². The van der Waals surface area contributed by atoms with Crippen molar-refractivity contribution in [3.05, 3.63) is 11.6 Å². The van der Waals surface area contributed by atoms with E-state index < -0.39 is 8.07 Å². The first-order valence-corrected chi connectivity index (χ1v) is 8.37. The molecule has 0 unspecified atom stereocenters. The first-order valence-electron chi connectivity index (χ1n) is 4.67.